The number of carbonyl (C=O) groups excluding carboxylic acids is 1. The standard InChI is InChI=1S/C28H38N4O4S2/c1-6-30(7-2)16-17-32(28-29-25-19-20(3)18-21(4)26(25)37-28)27(33)22-12-14-31(15-13-22)38(34,35)24-10-8-23(36-5)9-11-24/h8-11,18-19,22H,6-7,12-17H2,1-5H3. The number of thiazole rings is 1. The van der Waals surface area contributed by atoms with Crippen LogP contribution in [0.5, 0.6) is 5.75 Å². The Morgan fingerprint density at radius 3 is 2.34 bits per heavy atom. The first-order valence-electron chi connectivity index (χ1n) is 13.2. The molecule has 1 aromatic heterocycles. The molecule has 1 fully saturated rings. The molecule has 4 rings (SSSR count). The Hall–Kier alpha value is -2.53. The average molecular weight is 559 g/mol. The number of aromatic nitrogens is 1. The number of amides is 1. The maximum Gasteiger partial charge on any atom is 0.243 e. The van der Waals surface area contributed by atoms with E-state index in [0.717, 1.165) is 46.1 Å². The lowest BCUT2D eigenvalue weighted by atomic mass is 9.96. The number of piperidine rings is 1. The summed E-state index contributed by atoms with van der Waals surface area (Å²) in [6.45, 7) is 12.2. The van der Waals surface area contributed by atoms with Crippen LogP contribution in [0, 0.1) is 19.8 Å². The molecule has 1 aliphatic heterocycles. The van der Waals surface area contributed by atoms with Crippen LogP contribution >= 0.6 is 11.3 Å². The van der Waals surface area contributed by atoms with Crippen molar-refractivity contribution in [1.82, 2.24) is 14.2 Å². The van der Waals surface area contributed by atoms with Crippen molar-refractivity contribution >= 4 is 42.6 Å². The van der Waals surface area contributed by atoms with E-state index in [1.165, 1.54) is 4.31 Å². The predicted molar refractivity (Wildman–Crippen MR) is 154 cm³/mol. The summed E-state index contributed by atoms with van der Waals surface area (Å²) in [6, 6.07) is 10.6. The zero-order valence-electron chi connectivity index (χ0n) is 22.9. The van der Waals surface area contributed by atoms with Crippen LogP contribution in [0.3, 0.4) is 0 Å². The van der Waals surface area contributed by atoms with Gasteiger partial charge in [-0.2, -0.15) is 4.31 Å². The van der Waals surface area contributed by atoms with Crippen LogP contribution in [0.1, 0.15) is 37.8 Å². The Labute approximate surface area is 230 Å². The summed E-state index contributed by atoms with van der Waals surface area (Å²) in [5, 5.41) is 0.721. The van der Waals surface area contributed by atoms with Crippen molar-refractivity contribution < 1.29 is 17.9 Å². The lowest BCUT2D eigenvalue weighted by molar-refractivity contribution is -0.123. The summed E-state index contributed by atoms with van der Waals surface area (Å²) in [5.74, 6) is 0.397. The SMILES string of the molecule is CCN(CC)CCN(C(=O)C1CCN(S(=O)(=O)c2ccc(OC)cc2)CC1)c1nc2cc(C)cc(C)c2s1. The molecule has 38 heavy (non-hydrogen) atoms. The molecular weight excluding hydrogens is 520 g/mol. The molecule has 3 aromatic rings. The number of nitrogens with zero attached hydrogens (tertiary/aromatic N) is 4. The van der Waals surface area contributed by atoms with Crippen molar-refractivity contribution in [3.05, 3.63) is 47.5 Å². The van der Waals surface area contributed by atoms with Gasteiger partial charge >= 0.3 is 0 Å². The number of hydrogen-bond donors (Lipinski definition) is 0. The lowest BCUT2D eigenvalue weighted by Crippen LogP contribution is -2.46. The molecule has 206 valence electrons. The highest BCUT2D eigenvalue weighted by Gasteiger charge is 2.35. The Morgan fingerprint density at radius 1 is 1.08 bits per heavy atom. The van der Waals surface area contributed by atoms with Gasteiger partial charge in [-0.1, -0.05) is 31.3 Å². The number of likely N-dealkylation sites (N-methyl/N-ethyl adjacent to an activating group) is 1. The molecule has 1 amide bonds. The van der Waals surface area contributed by atoms with E-state index in [9.17, 15) is 13.2 Å². The van der Waals surface area contributed by atoms with E-state index in [-0.39, 0.29) is 16.7 Å². The van der Waals surface area contributed by atoms with Crippen LogP contribution in [0.25, 0.3) is 10.2 Å². The second kappa shape index (κ2) is 12.1. The minimum absolute atomic E-state index is 0.0343. The molecule has 8 nitrogen and oxygen atoms in total. The Kier molecular flexibility index (Phi) is 9.07. The number of sulfonamides is 1. The predicted octanol–water partition coefficient (Wildman–Crippen LogP) is 4.70. The second-order valence-electron chi connectivity index (χ2n) is 9.80. The highest BCUT2D eigenvalue weighted by Crippen LogP contribution is 2.34. The van der Waals surface area contributed by atoms with Crippen LogP contribution in [0.4, 0.5) is 5.13 Å². The van der Waals surface area contributed by atoms with Gasteiger partial charge in [0.2, 0.25) is 15.9 Å². The molecule has 10 heteroatoms. The number of fused-ring (bicyclic) bond motifs is 1. The summed E-state index contributed by atoms with van der Waals surface area (Å²) >= 11 is 1.56. The third-order valence-electron chi connectivity index (χ3n) is 7.34. The van der Waals surface area contributed by atoms with E-state index in [1.54, 1.807) is 42.7 Å². The van der Waals surface area contributed by atoms with Crippen LogP contribution < -0.4 is 9.64 Å². The van der Waals surface area contributed by atoms with Crippen molar-refractivity contribution in [2.75, 3.05) is 51.3 Å². The summed E-state index contributed by atoms with van der Waals surface area (Å²) in [7, 11) is -2.08. The van der Waals surface area contributed by atoms with Gasteiger partial charge in [0.05, 0.1) is 22.2 Å². The summed E-state index contributed by atoms with van der Waals surface area (Å²) in [5.41, 5.74) is 3.23. The van der Waals surface area contributed by atoms with Gasteiger partial charge in [-0.25, -0.2) is 13.4 Å². The second-order valence-corrected chi connectivity index (χ2v) is 12.7. The van der Waals surface area contributed by atoms with Crippen molar-refractivity contribution in [2.45, 2.75) is 45.4 Å². The molecule has 0 bridgehead atoms. The maximum absolute atomic E-state index is 13.9. The van der Waals surface area contributed by atoms with E-state index in [1.807, 2.05) is 4.90 Å². The van der Waals surface area contributed by atoms with Crippen molar-refractivity contribution in [2.24, 2.45) is 5.92 Å². The van der Waals surface area contributed by atoms with E-state index in [0.29, 0.717) is 38.2 Å². The van der Waals surface area contributed by atoms with E-state index in [2.05, 4.69) is 44.7 Å². The number of hydrogen-bond acceptors (Lipinski definition) is 7. The first kappa shape index (κ1) is 28.5. The zero-order valence-corrected chi connectivity index (χ0v) is 24.6. The van der Waals surface area contributed by atoms with Gasteiger partial charge in [0.15, 0.2) is 5.13 Å². The largest absolute Gasteiger partial charge is 0.497 e. The summed E-state index contributed by atoms with van der Waals surface area (Å²) < 4.78 is 34.1. The van der Waals surface area contributed by atoms with Crippen LogP contribution in [-0.4, -0.2) is 74.9 Å². The van der Waals surface area contributed by atoms with Crippen molar-refractivity contribution in [3.63, 3.8) is 0 Å². The molecule has 1 saturated heterocycles. The quantitative estimate of drug-likeness (QED) is 0.359. The van der Waals surface area contributed by atoms with Gasteiger partial charge in [-0.05, 0) is 81.2 Å². The normalized spacial score (nSPS) is 15.3. The minimum Gasteiger partial charge on any atom is -0.497 e. The maximum atomic E-state index is 13.9. The van der Waals surface area contributed by atoms with Crippen LogP contribution in [0.2, 0.25) is 0 Å². The summed E-state index contributed by atoms with van der Waals surface area (Å²) in [4.78, 5) is 23.2. The number of methoxy groups -OCH3 is 1. The van der Waals surface area contributed by atoms with Gasteiger partial charge < -0.3 is 9.64 Å². The molecule has 2 heterocycles. The Bertz CT molecular complexity index is 1360. The van der Waals surface area contributed by atoms with Crippen LogP contribution in [0.15, 0.2) is 41.3 Å². The fourth-order valence-electron chi connectivity index (χ4n) is 5.02. The highest BCUT2D eigenvalue weighted by atomic mass is 32.2. The molecule has 2 aromatic carbocycles. The number of aryl methyl sites for hydroxylation is 2. The smallest absolute Gasteiger partial charge is 0.243 e. The number of anilines is 1. The van der Waals surface area contributed by atoms with Gasteiger partial charge in [0.25, 0.3) is 0 Å². The van der Waals surface area contributed by atoms with Gasteiger partial charge in [-0.15, -0.1) is 0 Å². The monoisotopic (exact) mass is 558 g/mol. The molecule has 0 saturated carbocycles. The van der Waals surface area contributed by atoms with Gasteiger partial charge in [0, 0.05) is 32.1 Å². The number of ether oxygens (including phenoxy) is 1. The highest BCUT2D eigenvalue weighted by molar-refractivity contribution is 7.89. The zero-order chi connectivity index (χ0) is 27.4. The Balaban J connectivity index is 1.52. The fourth-order valence-corrected chi connectivity index (χ4v) is 7.54. The third-order valence-corrected chi connectivity index (χ3v) is 10.5. The molecule has 1 aliphatic rings. The van der Waals surface area contributed by atoms with E-state index in [4.69, 9.17) is 9.72 Å². The molecule has 0 aliphatic carbocycles. The molecular formula is C28H38N4O4S2. The third kappa shape index (κ3) is 6.03. The molecule has 0 unspecified atom stereocenters. The molecule has 0 spiro atoms. The first-order chi connectivity index (χ1) is 18.2. The molecule has 0 atom stereocenters. The van der Waals surface area contributed by atoms with Crippen LogP contribution in [-0.2, 0) is 14.8 Å². The minimum atomic E-state index is -3.63. The number of benzene rings is 2. The van der Waals surface area contributed by atoms with E-state index < -0.39 is 10.0 Å². The number of carbonyl (C=O) groups is 1. The van der Waals surface area contributed by atoms with Crippen molar-refractivity contribution in [1.29, 1.82) is 0 Å². The summed E-state index contributed by atoms with van der Waals surface area (Å²) in [6.07, 6.45) is 0.970. The van der Waals surface area contributed by atoms with Gasteiger partial charge in [-0.3, -0.25) is 9.69 Å². The van der Waals surface area contributed by atoms with E-state index >= 15 is 0 Å². The number of rotatable bonds is 10. The van der Waals surface area contributed by atoms with Gasteiger partial charge in [0.1, 0.15) is 5.75 Å². The fraction of sp³-hybridized carbons (Fsp3) is 0.500. The first-order valence-corrected chi connectivity index (χ1v) is 15.5. The lowest BCUT2D eigenvalue weighted by Gasteiger charge is -2.33. The average Bonchev–Trinajstić information content (AvgIpc) is 3.35. The Morgan fingerprint density at radius 2 is 1.74 bits per heavy atom. The van der Waals surface area contributed by atoms with Crippen molar-refractivity contribution in [3.8, 4) is 5.75 Å². The molecule has 0 radical (unpaired) electrons. The molecule has 0 N–H and O–H groups in total. The topological polar surface area (TPSA) is 83.0 Å².